The van der Waals surface area contributed by atoms with Crippen LogP contribution in [0.1, 0.15) is 25.1 Å². The van der Waals surface area contributed by atoms with Gasteiger partial charge in [-0.3, -0.25) is 4.40 Å². The van der Waals surface area contributed by atoms with Crippen molar-refractivity contribution in [2.75, 3.05) is 0 Å². The van der Waals surface area contributed by atoms with Crippen molar-refractivity contribution in [1.29, 1.82) is 0 Å². The minimum Gasteiger partial charge on any atom is -0.489 e. The van der Waals surface area contributed by atoms with Crippen molar-refractivity contribution in [2.45, 2.75) is 33.5 Å². The number of pyridine rings is 1. The molecule has 0 saturated carbocycles. The Hall–Kier alpha value is -1.43. The standard InChI is InChI=1S/C18H17BrCl2N2O2/c1-10(2)25-14-7-6-13(20)12(16(14)21)9-24-15-5-4-8-23-17(19)11(3)22-18(15)23/h4-8,10H,9H2,1-3H3. The number of imidazole rings is 1. The quantitative estimate of drug-likeness (QED) is 0.479. The molecule has 3 aromatic rings. The van der Waals surface area contributed by atoms with Crippen molar-refractivity contribution in [3.8, 4) is 11.5 Å². The van der Waals surface area contributed by atoms with Gasteiger partial charge in [0.15, 0.2) is 11.4 Å². The van der Waals surface area contributed by atoms with Crippen molar-refractivity contribution in [3.05, 3.63) is 56.4 Å². The summed E-state index contributed by atoms with van der Waals surface area (Å²) in [7, 11) is 0. The van der Waals surface area contributed by atoms with Gasteiger partial charge in [0.25, 0.3) is 0 Å². The van der Waals surface area contributed by atoms with E-state index in [0.29, 0.717) is 27.1 Å². The number of aromatic nitrogens is 2. The molecule has 0 radical (unpaired) electrons. The molecule has 0 unspecified atom stereocenters. The number of rotatable bonds is 5. The maximum Gasteiger partial charge on any atom is 0.180 e. The fourth-order valence-corrected chi connectivity index (χ4v) is 3.34. The summed E-state index contributed by atoms with van der Waals surface area (Å²) in [5.41, 5.74) is 2.30. The SMILES string of the molecule is Cc1nc2c(OCc3c(Cl)ccc(OC(C)C)c3Cl)cccn2c1Br. The van der Waals surface area contributed by atoms with Crippen LogP contribution in [0.3, 0.4) is 0 Å². The molecule has 3 rings (SSSR count). The molecule has 2 heterocycles. The van der Waals surface area contributed by atoms with E-state index in [1.54, 1.807) is 12.1 Å². The molecule has 0 aliphatic rings. The highest BCUT2D eigenvalue weighted by Gasteiger charge is 2.15. The first-order chi connectivity index (χ1) is 11.9. The normalized spacial score (nSPS) is 11.3. The van der Waals surface area contributed by atoms with Crippen molar-refractivity contribution in [3.63, 3.8) is 0 Å². The summed E-state index contributed by atoms with van der Waals surface area (Å²) < 4.78 is 14.5. The zero-order valence-electron chi connectivity index (χ0n) is 14.0. The Kier molecular flexibility index (Phi) is 5.46. The van der Waals surface area contributed by atoms with Crippen LogP contribution >= 0.6 is 39.1 Å². The average molecular weight is 444 g/mol. The number of aryl methyl sites for hydroxylation is 1. The third kappa shape index (κ3) is 3.73. The van der Waals surface area contributed by atoms with Crippen molar-refractivity contribution in [1.82, 2.24) is 9.38 Å². The van der Waals surface area contributed by atoms with Crippen LogP contribution in [0.15, 0.2) is 35.1 Å². The Morgan fingerprint density at radius 3 is 2.68 bits per heavy atom. The molecule has 0 aliphatic carbocycles. The van der Waals surface area contributed by atoms with Gasteiger partial charge in [-0.1, -0.05) is 23.2 Å². The smallest absolute Gasteiger partial charge is 0.180 e. The molecule has 7 heteroatoms. The van der Waals surface area contributed by atoms with E-state index in [1.807, 2.05) is 43.5 Å². The van der Waals surface area contributed by atoms with Gasteiger partial charge in [0.1, 0.15) is 17.0 Å². The van der Waals surface area contributed by atoms with Crippen LogP contribution in [0, 0.1) is 6.92 Å². The third-order valence-electron chi connectivity index (χ3n) is 3.60. The lowest BCUT2D eigenvalue weighted by atomic mass is 10.2. The Morgan fingerprint density at radius 2 is 1.96 bits per heavy atom. The van der Waals surface area contributed by atoms with Gasteiger partial charge in [0.2, 0.25) is 0 Å². The number of hydrogen-bond acceptors (Lipinski definition) is 3. The Balaban J connectivity index is 1.91. The molecule has 0 fully saturated rings. The summed E-state index contributed by atoms with van der Waals surface area (Å²) in [6.45, 7) is 6.04. The van der Waals surface area contributed by atoms with Crippen LogP contribution in [0.4, 0.5) is 0 Å². The number of ether oxygens (including phenoxy) is 2. The van der Waals surface area contributed by atoms with Gasteiger partial charge < -0.3 is 9.47 Å². The molecule has 25 heavy (non-hydrogen) atoms. The lowest BCUT2D eigenvalue weighted by Crippen LogP contribution is -2.07. The molecule has 2 aromatic heterocycles. The minimum atomic E-state index is 0.0198. The summed E-state index contributed by atoms with van der Waals surface area (Å²) in [5, 5.41) is 1.00. The molecule has 0 aliphatic heterocycles. The molecule has 0 bridgehead atoms. The number of hydrogen-bond donors (Lipinski definition) is 0. The second-order valence-corrected chi connectivity index (χ2v) is 7.38. The van der Waals surface area contributed by atoms with Gasteiger partial charge in [-0.15, -0.1) is 0 Å². The van der Waals surface area contributed by atoms with E-state index < -0.39 is 0 Å². The van der Waals surface area contributed by atoms with E-state index in [9.17, 15) is 0 Å². The largest absolute Gasteiger partial charge is 0.489 e. The fraction of sp³-hybridized carbons (Fsp3) is 0.278. The molecule has 0 amide bonds. The summed E-state index contributed by atoms with van der Waals surface area (Å²) in [6.07, 6.45) is 1.94. The van der Waals surface area contributed by atoms with Gasteiger partial charge in [-0.25, -0.2) is 4.98 Å². The maximum absolute atomic E-state index is 6.45. The van der Waals surface area contributed by atoms with Gasteiger partial charge in [-0.05, 0) is 61.0 Å². The predicted molar refractivity (Wildman–Crippen MR) is 104 cm³/mol. The Labute approximate surface area is 164 Å². The molecule has 0 saturated heterocycles. The molecule has 132 valence electrons. The Bertz CT molecular complexity index is 925. The second kappa shape index (κ2) is 7.44. The van der Waals surface area contributed by atoms with Crippen LogP contribution in [0.5, 0.6) is 11.5 Å². The molecule has 1 aromatic carbocycles. The van der Waals surface area contributed by atoms with Crippen LogP contribution < -0.4 is 9.47 Å². The molecular formula is C18H17BrCl2N2O2. The average Bonchev–Trinajstić information content (AvgIpc) is 2.85. The molecule has 4 nitrogen and oxygen atoms in total. The van der Waals surface area contributed by atoms with Crippen molar-refractivity contribution >= 4 is 44.8 Å². The van der Waals surface area contributed by atoms with Crippen LogP contribution in [0.25, 0.3) is 5.65 Å². The molecular weight excluding hydrogens is 427 g/mol. The first kappa shape index (κ1) is 18.4. The summed E-state index contributed by atoms with van der Waals surface area (Å²) in [5.74, 6) is 1.25. The Morgan fingerprint density at radius 1 is 1.20 bits per heavy atom. The summed E-state index contributed by atoms with van der Waals surface area (Å²) in [4.78, 5) is 4.53. The van der Waals surface area contributed by atoms with Crippen LogP contribution in [-0.2, 0) is 6.61 Å². The highest BCUT2D eigenvalue weighted by Crippen LogP contribution is 2.35. The minimum absolute atomic E-state index is 0.0198. The fourth-order valence-electron chi connectivity index (χ4n) is 2.44. The van der Waals surface area contributed by atoms with Crippen LogP contribution in [-0.4, -0.2) is 15.5 Å². The van der Waals surface area contributed by atoms with E-state index in [-0.39, 0.29) is 12.7 Å². The second-order valence-electron chi connectivity index (χ2n) is 5.85. The highest BCUT2D eigenvalue weighted by atomic mass is 79.9. The number of nitrogens with zero attached hydrogens (tertiary/aromatic N) is 2. The van der Waals surface area contributed by atoms with E-state index in [1.165, 1.54) is 0 Å². The maximum atomic E-state index is 6.45. The van der Waals surface area contributed by atoms with Gasteiger partial charge in [-0.2, -0.15) is 0 Å². The van der Waals surface area contributed by atoms with Crippen molar-refractivity contribution < 1.29 is 9.47 Å². The van der Waals surface area contributed by atoms with Crippen molar-refractivity contribution in [2.24, 2.45) is 0 Å². The topological polar surface area (TPSA) is 35.8 Å². The number of fused-ring (bicyclic) bond motifs is 1. The van der Waals surface area contributed by atoms with E-state index in [4.69, 9.17) is 32.7 Å². The van der Waals surface area contributed by atoms with E-state index >= 15 is 0 Å². The third-order valence-corrected chi connectivity index (χ3v) is 5.32. The lowest BCUT2D eigenvalue weighted by Gasteiger charge is -2.15. The summed E-state index contributed by atoms with van der Waals surface area (Å²) in [6, 6.07) is 7.30. The summed E-state index contributed by atoms with van der Waals surface area (Å²) >= 11 is 16.3. The first-order valence-corrected chi connectivity index (χ1v) is 9.33. The molecule has 0 N–H and O–H groups in total. The molecule has 0 spiro atoms. The van der Waals surface area contributed by atoms with Crippen LogP contribution in [0.2, 0.25) is 10.0 Å². The number of halogens is 3. The van der Waals surface area contributed by atoms with E-state index in [2.05, 4.69) is 20.9 Å². The van der Waals surface area contributed by atoms with Gasteiger partial charge in [0, 0.05) is 16.8 Å². The zero-order chi connectivity index (χ0) is 18.1. The zero-order valence-corrected chi connectivity index (χ0v) is 17.1. The number of benzene rings is 1. The lowest BCUT2D eigenvalue weighted by molar-refractivity contribution is 0.241. The van der Waals surface area contributed by atoms with E-state index in [0.717, 1.165) is 15.9 Å². The van der Waals surface area contributed by atoms with Gasteiger partial charge >= 0.3 is 0 Å². The monoisotopic (exact) mass is 442 g/mol. The first-order valence-electron chi connectivity index (χ1n) is 7.78. The highest BCUT2D eigenvalue weighted by molar-refractivity contribution is 9.10. The molecule has 0 atom stereocenters. The predicted octanol–water partition coefficient (Wildman–Crippen LogP) is 6.08. The van der Waals surface area contributed by atoms with Gasteiger partial charge in [0.05, 0.1) is 16.8 Å².